The summed E-state index contributed by atoms with van der Waals surface area (Å²) in [5, 5.41) is 6.78. The predicted octanol–water partition coefficient (Wildman–Crippen LogP) is 3.00. The van der Waals surface area contributed by atoms with Crippen molar-refractivity contribution in [1.29, 1.82) is 0 Å². The normalized spacial score (nSPS) is 17.4. The molecular formula is C20H20ClF2N3O6S. The number of rotatable bonds is 8. The van der Waals surface area contributed by atoms with Crippen molar-refractivity contribution in [2.24, 2.45) is 0 Å². The van der Waals surface area contributed by atoms with Crippen molar-refractivity contribution in [3.8, 4) is 5.75 Å². The molecule has 1 N–H and O–H groups in total. The summed E-state index contributed by atoms with van der Waals surface area (Å²) >= 11 is 6.33. The SMILES string of the molecule is Cc1nn([C@@H]2CCS(=O)(=O)C2)c(Cl)c1/C=C/C(=O)OCC(=O)Nc1ccccc1OC(F)F. The lowest BCUT2D eigenvalue weighted by Crippen LogP contribution is -2.20. The van der Waals surface area contributed by atoms with Crippen molar-refractivity contribution in [3.63, 3.8) is 0 Å². The third-order valence-corrected chi connectivity index (χ3v) is 6.86. The number of sulfone groups is 1. The van der Waals surface area contributed by atoms with E-state index in [1.807, 2.05) is 0 Å². The molecule has 2 aromatic rings. The molecular weight excluding hydrogens is 484 g/mol. The van der Waals surface area contributed by atoms with Gasteiger partial charge in [0.25, 0.3) is 5.91 Å². The molecule has 0 aliphatic carbocycles. The van der Waals surface area contributed by atoms with Crippen LogP contribution in [-0.2, 0) is 24.2 Å². The quantitative estimate of drug-likeness (QED) is 0.434. The number of aromatic nitrogens is 2. The summed E-state index contributed by atoms with van der Waals surface area (Å²) in [7, 11) is -3.13. The Kier molecular flexibility index (Phi) is 7.69. The molecule has 178 valence electrons. The first-order chi connectivity index (χ1) is 15.6. The van der Waals surface area contributed by atoms with Crippen molar-refractivity contribution in [2.75, 3.05) is 23.4 Å². The van der Waals surface area contributed by atoms with Gasteiger partial charge in [0.1, 0.15) is 10.9 Å². The number of benzene rings is 1. The first-order valence-electron chi connectivity index (χ1n) is 9.69. The van der Waals surface area contributed by atoms with Gasteiger partial charge in [-0.15, -0.1) is 0 Å². The number of esters is 1. The van der Waals surface area contributed by atoms with E-state index in [0.717, 1.165) is 6.08 Å². The van der Waals surface area contributed by atoms with E-state index >= 15 is 0 Å². The average molecular weight is 504 g/mol. The van der Waals surface area contributed by atoms with Crippen LogP contribution in [0.4, 0.5) is 14.5 Å². The topological polar surface area (TPSA) is 117 Å². The summed E-state index contributed by atoms with van der Waals surface area (Å²) in [6.45, 7) is -2.08. The predicted molar refractivity (Wildman–Crippen MR) is 116 cm³/mol. The van der Waals surface area contributed by atoms with Crippen LogP contribution < -0.4 is 10.1 Å². The van der Waals surface area contributed by atoms with E-state index in [9.17, 15) is 26.8 Å². The highest BCUT2D eigenvalue weighted by molar-refractivity contribution is 7.91. The Hall–Kier alpha value is -2.99. The van der Waals surface area contributed by atoms with E-state index in [4.69, 9.17) is 16.3 Å². The first kappa shape index (κ1) is 24.6. The number of amides is 1. The van der Waals surface area contributed by atoms with Crippen LogP contribution in [0.1, 0.15) is 23.7 Å². The van der Waals surface area contributed by atoms with Gasteiger partial charge in [-0.1, -0.05) is 23.7 Å². The van der Waals surface area contributed by atoms with Crippen LogP contribution in [0.5, 0.6) is 5.75 Å². The largest absolute Gasteiger partial charge is 0.452 e. The number of ether oxygens (including phenoxy) is 2. The number of alkyl halides is 2. The van der Waals surface area contributed by atoms with Crippen molar-refractivity contribution in [3.05, 3.63) is 46.8 Å². The Morgan fingerprint density at radius 1 is 1.36 bits per heavy atom. The van der Waals surface area contributed by atoms with Gasteiger partial charge >= 0.3 is 12.6 Å². The highest BCUT2D eigenvalue weighted by Gasteiger charge is 2.31. The molecule has 1 aromatic heterocycles. The number of carbonyl (C=O) groups excluding carboxylic acids is 2. The fourth-order valence-electron chi connectivity index (χ4n) is 3.22. The molecule has 0 radical (unpaired) electrons. The molecule has 1 fully saturated rings. The molecule has 1 aliphatic heterocycles. The molecule has 13 heteroatoms. The number of aryl methyl sites for hydroxylation is 1. The number of nitrogens with zero attached hydrogens (tertiary/aromatic N) is 2. The number of halogens is 3. The molecule has 1 saturated heterocycles. The maximum atomic E-state index is 12.4. The summed E-state index contributed by atoms with van der Waals surface area (Å²) < 4.78 is 58.9. The summed E-state index contributed by atoms with van der Waals surface area (Å²) in [5.74, 6) is -1.84. The second kappa shape index (κ2) is 10.3. The van der Waals surface area contributed by atoms with E-state index in [1.165, 1.54) is 35.0 Å². The lowest BCUT2D eigenvalue weighted by molar-refractivity contribution is -0.142. The minimum absolute atomic E-state index is 0.00172. The van der Waals surface area contributed by atoms with E-state index < -0.39 is 34.9 Å². The van der Waals surface area contributed by atoms with Crippen LogP contribution in [0, 0.1) is 6.92 Å². The van der Waals surface area contributed by atoms with Crippen LogP contribution in [0.25, 0.3) is 6.08 Å². The molecule has 1 aliphatic rings. The second-order valence-electron chi connectivity index (χ2n) is 7.16. The molecule has 0 bridgehead atoms. The summed E-state index contributed by atoms with van der Waals surface area (Å²) in [5.41, 5.74) is 0.903. The second-order valence-corrected chi connectivity index (χ2v) is 9.74. The molecule has 1 aromatic carbocycles. The van der Waals surface area contributed by atoms with E-state index in [2.05, 4.69) is 15.2 Å². The first-order valence-corrected chi connectivity index (χ1v) is 11.9. The molecule has 1 atom stereocenters. The Morgan fingerprint density at radius 3 is 2.76 bits per heavy atom. The van der Waals surface area contributed by atoms with Gasteiger partial charge in [-0.05, 0) is 31.6 Å². The smallest absolute Gasteiger partial charge is 0.387 e. The van der Waals surface area contributed by atoms with Crippen molar-refractivity contribution >= 4 is 45.1 Å². The zero-order chi connectivity index (χ0) is 24.2. The van der Waals surface area contributed by atoms with Crippen LogP contribution in [-0.4, -0.2) is 54.8 Å². The van der Waals surface area contributed by atoms with E-state index in [0.29, 0.717) is 17.7 Å². The molecule has 0 unspecified atom stereocenters. The fraction of sp³-hybridized carbons (Fsp3) is 0.350. The molecule has 0 saturated carbocycles. The number of hydrogen-bond acceptors (Lipinski definition) is 7. The highest BCUT2D eigenvalue weighted by Crippen LogP contribution is 2.30. The van der Waals surface area contributed by atoms with E-state index in [1.54, 1.807) is 6.92 Å². The van der Waals surface area contributed by atoms with Gasteiger partial charge in [0.2, 0.25) is 0 Å². The number of anilines is 1. The standard InChI is InChI=1S/C20H20ClF2N3O6S/c1-12-14(19(21)26(25-12)13-8-9-33(29,30)11-13)6-7-18(28)31-10-17(27)24-15-4-2-3-5-16(15)32-20(22)23/h2-7,13,20H,8-11H2,1H3,(H,24,27)/b7-6+/t13-/m1/s1. The Bertz CT molecular complexity index is 1180. The summed E-state index contributed by atoms with van der Waals surface area (Å²) in [4.78, 5) is 24.0. The lowest BCUT2D eigenvalue weighted by atomic mass is 10.2. The lowest BCUT2D eigenvalue weighted by Gasteiger charge is -2.11. The van der Waals surface area contributed by atoms with Crippen LogP contribution in [0.3, 0.4) is 0 Å². The van der Waals surface area contributed by atoms with Crippen molar-refractivity contribution < 1.29 is 36.3 Å². The zero-order valence-electron chi connectivity index (χ0n) is 17.3. The number of nitrogens with one attached hydrogen (secondary N) is 1. The molecule has 3 rings (SSSR count). The van der Waals surface area contributed by atoms with Gasteiger partial charge < -0.3 is 14.8 Å². The highest BCUT2D eigenvalue weighted by atomic mass is 35.5. The maximum absolute atomic E-state index is 12.4. The van der Waals surface area contributed by atoms with Gasteiger partial charge in [-0.25, -0.2) is 17.9 Å². The van der Waals surface area contributed by atoms with Crippen molar-refractivity contribution in [1.82, 2.24) is 9.78 Å². The Morgan fingerprint density at radius 2 is 2.09 bits per heavy atom. The third-order valence-electron chi connectivity index (χ3n) is 4.73. The average Bonchev–Trinajstić information content (AvgIpc) is 3.24. The monoisotopic (exact) mass is 503 g/mol. The van der Waals surface area contributed by atoms with Crippen LogP contribution >= 0.6 is 11.6 Å². The van der Waals surface area contributed by atoms with Gasteiger partial charge in [0, 0.05) is 11.6 Å². The Balaban J connectivity index is 1.57. The molecule has 2 heterocycles. The number of hydrogen-bond donors (Lipinski definition) is 1. The van der Waals surface area contributed by atoms with Gasteiger partial charge in [-0.2, -0.15) is 13.9 Å². The fourth-order valence-corrected chi connectivity index (χ4v) is 5.29. The van der Waals surface area contributed by atoms with Gasteiger partial charge in [0.15, 0.2) is 16.4 Å². The minimum Gasteiger partial charge on any atom is -0.452 e. The number of carbonyl (C=O) groups is 2. The van der Waals surface area contributed by atoms with Gasteiger partial charge in [-0.3, -0.25) is 4.79 Å². The van der Waals surface area contributed by atoms with Crippen LogP contribution in [0.15, 0.2) is 30.3 Å². The molecule has 0 spiro atoms. The minimum atomic E-state index is -3.13. The maximum Gasteiger partial charge on any atom is 0.387 e. The summed E-state index contributed by atoms with van der Waals surface area (Å²) in [6, 6.07) is 5.20. The zero-order valence-corrected chi connectivity index (χ0v) is 18.9. The van der Waals surface area contributed by atoms with E-state index in [-0.39, 0.29) is 34.1 Å². The Labute approximate surface area is 193 Å². The molecule has 33 heavy (non-hydrogen) atoms. The van der Waals surface area contributed by atoms with Gasteiger partial charge in [0.05, 0.1) is 28.9 Å². The molecule has 9 nitrogen and oxygen atoms in total. The molecule has 1 amide bonds. The van der Waals surface area contributed by atoms with Crippen molar-refractivity contribution in [2.45, 2.75) is 26.0 Å². The third kappa shape index (κ3) is 6.51. The number of para-hydroxylation sites is 2. The van der Waals surface area contributed by atoms with Crippen LogP contribution in [0.2, 0.25) is 5.15 Å². The summed E-state index contributed by atoms with van der Waals surface area (Å²) in [6.07, 6.45) is 2.80.